The SMILES string of the molecule is CN(C)/C=c1/sc2c(S(=O)(=O)c3ccc(Cl)cc3)cc(C(=O)c3ccccc3)n2c1=O. The van der Waals surface area contributed by atoms with Crippen molar-refractivity contribution < 1.29 is 13.2 Å². The molecule has 0 aliphatic heterocycles. The topological polar surface area (TPSA) is 75.9 Å². The molecule has 0 saturated heterocycles. The Morgan fingerprint density at radius 2 is 1.71 bits per heavy atom. The maximum atomic E-state index is 13.4. The van der Waals surface area contributed by atoms with Gasteiger partial charge in [-0.25, -0.2) is 8.42 Å². The van der Waals surface area contributed by atoms with Gasteiger partial charge in [-0.1, -0.05) is 41.9 Å². The van der Waals surface area contributed by atoms with Crippen molar-refractivity contribution in [2.45, 2.75) is 9.79 Å². The molecule has 4 aromatic rings. The number of nitrogens with zero attached hydrogens (tertiary/aromatic N) is 2. The van der Waals surface area contributed by atoms with Crippen molar-refractivity contribution in [3.63, 3.8) is 0 Å². The number of thiazole rings is 1. The molecule has 0 radical (unpaired) electrons. The molecule has 9 heteroatoms. The van der Waals surface area contributed by atoms with Crippen LogP contribution in [-0.4, -0.2) is 37.6 Å². The second-order valence-corrected chi connectivity index (χ2v) is 10.4. The standard InChI is InChI=1S/C22H17ClN2O4S2/c1-24(2)13-18-21(27)25-17(20(26)14-6-4-3-5-7-14)12-19(22(25)30-18)31(28,29)16-10-8-15(23)9-11-16/h3-13H,1-2H3/b18-13+. The van der Waals surface area contributed by atoms with E-state index in [0.717, 1.165) is 11.3 Å². The summed E-state index contributed by atoms with van der Waals surface area (Å²) in [5, 5.41) is 0.404. The van der Waals surface area contributed by atoms with Gasteiger partial charge in [-0.15, -0.1) is 11.3 Å². The van der Waals surface area contributed by atoms with Crippen LogP contribution in [0, 0.1) is 0 Å². The smallest absolute Gasteiger partial charge is 0.275 e. The normalized spacial score (nSPS) is 12.4. The first-order valence-corrected chi connectivity index (χ1v) is 11.8. The van der Waals surface area contributed by atoms with E-state index in [0.29, 0.717) is 15.1 Å². The largest absolute Gasteiger partial charge is 0.382 e. The molecule has 0 saturated carbocycles. The van der Waals surface area contributed by atoms with Gasteiger partial charge in [0.15, 0.2) is 0 Å². The molecule has 4 rings (SSSR count). The minimum atomic E-state index is -4.00. The summed E-state index contributed by atoms with van der Waals surface area (Å²) in [5.41, 5.74) is -0.0694. The molecule has 2 aromatic carbocycles. The summed E-state index contributed by atoms with van der Waals surface area (Å²) in [7, 11) is -0.477. The zero-order chi connectivity index (χ0) is 22.3. The summed E-state index contributed by atoms with van der Waals surface area (Å²) in [6.45, 7) is 0. The monoisotopic (exact) mass is 472 g/mol. The number of ketones is 1. The minimum absolute atomic E-state index is 0.00777. The lowest BCUT2D eigenvalue weighted by atomic mass is 10.1. The van der Waals surface area contributed by atoms with E-state index in [4.69, 9.17) is 11.6 Å². The van der Waals surface area contributed by atoms with Crippen molar-refractivity contribution in [1.29, 1.82) is 0 Å². The number of benzene rings is 2. The maximum Gasteiger partial charge on any atom is 0.275 e. The Bertz CT molecular complexity index is 1500. The molecule has 0 bridgehead atoms. The van der Waals surface area contributed by atoms with E-state index in [-0.39, 0.29) is 20.3 Å². The summed E-state index contributed by atoms with van der Waals surface area (Å²) in [6, 6.07) is 15.5. The number of rotatable bonds is 5. The van der Waals surface area contributed by atoms with Gasteiger partial charge in [-0.2, -0.15) is 0 Å². The van der Waals surface area contributed by atoms with Gasteiger partial charge in [0.05, 0.1) is 10.6 Å². The van der Waals surface area contributed by atoms with Gasteiger partial charge in [0.25, 0.3) is 5.56 Å². The van der Waals surface area contributed by atoms with Gasteiger partial charge in [0.2, 0.25) is 15.6 Å². The van der Waals surface area contributed by atoms with E-state index < -0.39 is 21.2 Å². The van der Waals surface area contributed by atoms with Gasteiger partial charge < -0.3 is 4.90 Å². The van der Waals surface area contributed by atoms with Crippen LogP contribution in [0.2, 0.25) is 5.02 Å². The van der Waals surface area contributed by atoms with Crippen molar-refractivity contribution in [3.05, 3.63) is 91.8 Å². The van der Waals surface area contributed by atoms with E-state index in [2.05, 4.69) is 0 Å². The molecule has 158 valence electrons. The van der Waals surface area contributed by atoms with Crippen LogP contribution in [0.15, 0.2) is 75.2 Å². The Kier molecular flexibility index (Phi) is 5.47. The van der Waals surface area contributed by atoms with Gasteiger partial charge in [-0.3, -0.25) is 14.0 Å². The second-order valence-electron chi connectivity index (χ2n) is 7.05. The predicted octanol–water partition coefficient (Wildman–Crippen LogP) is 3.10. The Balaban J connectivity index is 2.04. The average molecular weight is 473 g/mol. The van der Waals surface area contributed by atoms with Crippen LogP contribution in [0.5, 0.6) is 0 Å². The first-order valence-electron chi connectivity index (χ1n) is 9.17. The fourth-order valence-corrected chi connectivity index (χ4v) is 6.18. The maximum absolute atomic E-state index is 13.4. The second kappa shape index (κ2) is 7.96. The van der Waals surface area contributed by atoms with Gasteiger partial charge >= 0.3 is 0 Å². The highest BCUT2D eigenvalue weighted by Crippen LogP contribution is 2.30. The van der Waals surface area contributed by atoms with E-state index in [1.807, 2.05) is 0 Å². The van der Waals surface area contributed by atoms with Gasteiger partial charge in [0, 0.05) is 30.9 Å². The highest BCUT2D eigenvalue weighted by molar-refractivity contribution is 7.91. The Labute approximate surface area is 187 Å². The lowest BCUT2D eigenvalue weighted by Gasteiger charge is -2.02. The molecule has 0 spiro atoms. The Hall–Kier alpha value is -2.94. The van der Waals surface area contributed by atoms with Crippen molar-refractivity contribution >= 4 is 49.6 Å². The zero-order valence-electron chi connectivity index (χ0n) is 16.6. The highest BCUT2D eigenvalue weighted by Gasteiger charge is 2.29. The molecule has 0 N–H and O–H groups in total. The van der Waals surface area contributed by atoms with Crippen LogP contribution in [0.3, 0.4) is 0 Å². The molecule has 2 heterocycles. The third-order valence-corrected chi connectivity index (χ3v) is 7.86. The van der Waals surface area contributed by atoms with Crippen LogP contribution in [0.4, 0.5) is 0 Å². The number of sulfone groups is 1. The van der Waals surface area contributed by atoms with Crippen molar-refractivity contribution in [3.8, 4) is 0 Å². The highest BCUT2D eigenvalue weighted by atomic mass is 35.5. The number of halogens is 1. The van der Waals surface area contributed by atoms with E-state index >= 15 is 0 Å². The molecule has 6 nitrogen and oxygen atoms in total. The molecular weight excluding hydrogens is 456 g/mol. The van der Waals surface area contributed by atoms with Crippen LogP contribution < -0.4 is 10.1 Å². The third kappa shape index (κ3) is 3.78. The number of hydrogen-bond acceptors (Lipinski definition) is 6. The lowest BCUT2D eigenvalue weighted by molar-refractivity contribution is 0.103. The molecule has 0 aliphatic rings. The summed E-state index contributed by atoms with van der Waals surface area (Å²) >= 11 is 6.93. The average Bonchev–Trinajstić information content (AvgIpc) is 3.26. The van der Waals surface area contributed by atoms with E-state index in [9.17, 15) is 18.0 Å². The van der Waals surface area contributed by atoms with Crippen LogP contribution >= 0.6 is 22.9 Å². The molecule has 0 atom stereocenters. The summed E-state index contributed by atoms with van der Waals surface area (Å²) in [5.74, 6) is -0.431. The predicted molar refractivity (Wildman–Crippen MR) is 122 cm³/mol. The van der Waals surface area contributed by atoms with Gasteiger partial charge in [0.1, 0.15) is 14.3 Å². The van der Waals surface area contributed by atoms with Crippen molar-refractivity contribution in [1.82, 2.24) is 9.30 Å². The zero-order valence-corrected chi connectivity index (χ0v) is 19.0. The van der Waals surface area contributed by atoms with Crippen LogP contribution in [-0.2, 0) is 9.84 Å². The fourth-order valence-electron chi connectivity index (χ4n) is 3.18. The van der Waals surface area contributed by atoms with Crippen LogP contribution in [0.1, 0.15) is 16.1 Å². The lowest BCUT2D eigenvalue weighted by Crippen LogP contribution is -2.27. The fraction of sp³-hybridized carbons (Fsp3) is 0.0909. The molecule has 0 amide bonds. The summed E-state index contributed by atoms with van der Waals surface area (Å²) in [6.07, 6.45) is 1.61. The van der Waals surface area contributed by atoms with E-state index in [1.54, 1.807) is 55.5 Å². The molecule has 31 heavy (non-hydrogen) atoms. The first kappa shape index (κ1) is 21.3. The Morgan fingerprint density at radius 3 is 2.32 bits per heavy atom. The number of carbonyl (C=O) groups is 1. The molecule has 0 aliphatic carbocycles. The summed E-state index contributed by atoms with van der Waals surface area (Å²) in [4.78, 5) is 28.1. The molecule has 0 unspecified atom stereocenters. The number of carbonyl (C=O) groups excluding carboxylic acids is 1. The minimum Gasteiger partial charge on any atom is -0.382 e. The number of fused-ring (bicyclic) bond motifs is 1. The third-order valence-electron chi connectivity index (χ3n) is 4.60. The number of hydrogen-bond donors (Lipinski definition) is 0. The van der Waals surface area contributed by atoms with Crippen molar-refractivity contribution in [2.24, 2.45) is 0 Å². The number of aromatic nitrogens is 1. The van der Waals surface area contributed by atoms with Crippen molar-refractivity contribution in [2.75, 3.05) is 14.1 Å². The summed E-state index contributed by atoms with van der Waals surface area (Å²) < 4.78 is 28.3. The van der Waals surface area contributed by atoms with Crippen LogP contribution in [0.25, 0.3) is 11.0 Å². The quantitative estimate of drug-likeness (QED) is 0.417. The molecule has 0 fully saturated rings. The van der Waals surface area contributed by atoms with Gasteiger partial charge in [-0.05, 0) is 30.3 Å². The first-order chi connectivity index (χ1) is 14.7. The van der Waals surface area contributed by atoms with E-state index in [1.165, 1.54) is 34.7 Å². The molecule has 2 aromatic heterocycles. The molecular formula is C22H17ClN2O4S2. The Morgan fingerprint density at radius 1 is 1.06 bits per heavy atom.